The SMILES string of the molecule is Cn1cc(-c2nc(-c3ccc(Cl)cc3)c(-c3ccncc3)[nH]2)cn1. The van der Waals surface area contributed by atoms with Gasteiger partial charge in [-0.3, -0.25) is 9.67 Å². The average Bonchev–Trinajstić information content (AvgIpc) is 3.23. The molecule has 5 nitrogen and oxygen atoms in total. The third kappa shape index (κ3) is 2.70. The molecule has 0 unspecified atom stereocenters. The zero-order valence-electron chi connectivity index (χ0n) is 12.9. The van der Waals surface area contributed by atoms with Crippen molar-refractivity contribution in [3.63, 3.8) is 0 Å². The van der Waals surface area contributed by atoms with E-state index in [0.29, 0.717) is 5.02 Å². The van der Waals surface area contributed by atoms with Crippen molar-refractivity contribution in [3.05, 3.63) is 66.2 Å². The Morgan fingerprint density at radius 2 is 1.71 bits per heavy atom. The normalized spacial score (nSPS) is 10.9. The van der Waals surface area contributed by atoms with Crippen LogP contribution in [0.4, 0.5) is 0 Å². The predicted molar refractivity (Wildman–Crippen MR) is 94.5 cm³/mol. The molecule has 0 aliphatic rings. The molecule has 0 radical (unpaired) electrons. The van der Waals surface area contributed by atoms with Crippen LogP contribution in [-0.2, 0) is 7.05 Å². The monoisotopic (exact) mass is 335 g/mol. The number of nitrogens with zero attached hydrogens (tertiary/aromatic N) is 4. The molecule has 1 N–H and O–H groups in total. The van der Waals surface area contributed by atoms with Crippen molar-refractivity contribution in [1.82, 2.24) is 24.7 Å². The number of aromatic nitrogens is 5. The lowest BCUT2D eigenvalue weighted by Gasteiger charge is -2.03. The summed E-state index contributed by atoms with van der Waals surface area (Å²) in [5, 5.41) is 4.92. The van der Waals surface area contributed by atoms with Gasteiger partial charge in [-0.15, -0.1) is 0 Å². The highest BCUT2D eigenvalue weighted by Gasteiger charge is 2.16. The van der Waals surface area contributed by atoms with Gasteiger partial charge in [-0.2, -0.15) is 5.10 Å². The fourth-order valence-corrected chi connectivity index (χ4v) is 2.72. The lowest BCUT2D eigenvalue weighted by atomic mass is 10.1. The van der Waals surface area contributed by atoms with Gasteiger partial charge in [0, 0.05) is 41.8 Å². The van der Waals surface area contributed by atoms with Gasteiger partial charge in [-0.1, -0.05) is 23.7 Å². The van der Waals surface area contributed by atoms with Crippen LogP contribution < -0.4 is 0 Å². The molecule has 4 rings (SSSR count). The Morgan fingerprint density at radius 3 is 2.38 bits per heavy atom. The van der Waals surface area contributed by atoms with E-state index in [-0.39, 0.29) is 0 Å². The van der Waals surface area contributed by atoms with Crippen molar-refractivity contribution in [3.8, 4) is 33.9 Å². The second-order valence-electron chi connectivity index (χ2n) is 5.45. The van der Waals surface area contributed by atoms with Crippen molar-refractivity contribution in [2.75, 3.05) is 0 Å². The Labute approximate surface area is 144 Å². The quantitative estimate of drug-likeness (QED) is 0.610. The number of imidazole rings is 1. The molecule has 24 heavy (non-hydrogen) atoms. The Balaban J connectivity index is 1.90. The lowest BCUT2D eigenvalue weighted by Crippen LogP contribution is -1.84. The smallest absolute Gasteiger partial charge is 0.141 e. The molecule has 3 heterocycles. The molecule has 0 bridgehead atoms. The molecule has 0 spiro atoms. The van der Waals surface area contributed by atoms with Crippen LogP contribution in [0.3, 0.4) is 0 Å². The average molecular weight is 336 g/mol. The molecule has 0 saturated heterocycles. The first-order valence-electron chi connectivity index (χ1n) is 7.46. The van der Waals surface area contributed by atoms with Gasteiger partial charge in [0.05, 0.1) is 23.1 Å². The van der Waals surface area contributed by atoms with Crippen molar-refractivity contribution >= 4 is 11.6 Å². The zero-order chi connectivity index (χ0) is 16.5. The first-order valence-corrected chi connectivity index (χ1v) is 7.84. The molecule has 1 aromatic carbocycles. The van der Waals surface area contributed by atoms with E-state index in [4.69, 9.17) is 16.6 Å². The maximum absolute atomic E-state index is 6.01. The molecule has 4 aromatic rings. The van der Waals surface area contributed by atoms with Crippen LogP contribution in [0.5, 0.6) is 0 Å². The number of H-pyrrole nitrogens is 1. The molecule has 0 aliphatic carbocycles. The molecule has 0 aliphatic heterocycles. The fourth-order valence-electron chi connectivity index (χ4n) is 2.60. The number of halogens is 1. The van der Waals surface area contributed by atoms with E-state index in [1.54, 1.807) is 23.3 Å². The number of nitrogens with one attached hydrogen (secondary N) is 1. The molecule has 3 aromatic heterocycles. The third-order valence-electron chi connectivity index (χ3n) is 3.77. The van der Waals surface area contributed by atoms with Crippen LogP contribution in [0.1, 0.15) is 0 Å². The number of aryl methyl sites for hydroxylation is 1. The molecule has 0 amide bonds. The Kier molecular flexibility index (Phi) is 3.63. The summed E-state index contributed by atoms with van der Waals surface area (Å²) in [7, 11) is 1.89. The first-order chi connectivity index (χ1) is 11.7. The lowest BCUT2D eigenvalue weighted by molar-refractivity contribution is 0.768. The van der Waals surface area contributed by atoms with E-state index in [9.17, 15) is 0 Å². The standard InChI is InChI=1S/C18H14ClN5/c1-24-11-14(10-21-24)18-22-16(12-2-4-15(19)5-3-12)17(23-18)13-6-8-20-9-7-13/h2-11H,1H3,(H,22,23). The highest BCUT2D eigenvalue weighted by molar-refractivity contribution is 6.30. The number of benzene rings is 1. The molecule has 0 saturated carbocycles. The summed E-state index contributed by atoms with van der Waals surface area (Å²) in [4.78, 5) is 12.3. The van der Waals surface area contributed by atoms with E-state index in [1.165, 1.54) is 0 Å². The van der Waals surface area contributed by atoms with Gasteiger partial charge in [0.2, 0.25) is 0 Å². The van der Waals surface area contributed by atoms with Crippen LogP contribution in [0, 0.1) is 0 Å². The predicted octanol–water partition coefficient (Wildman–Crippen LogP) is 4.19. The van der Waals surface area contributed by atoms with Crippen molar-refractivity contribution < 1.29 is 0 Å². The molecular formula is C18H14ClN5. The largest absolute Gasteiger partial charge is 0.337 e. The summed E-state index contributed by atoms with van der Waals surface area (Å²) in [6.45, 7) is 0. The molecule has 118 valence electrons. The van der Waals surface area contributed by atoms with Crippen LogP contribution in [0.15, 0.2) is 61.2 Å². The van der Waals surface area contributed by atoms with Crippen molar-refractivity contribution in [1.29, 1.82) is 0 Å². The van der Waals surface area contributed by atoms with Crippen LogP contribution in [0.25, 0.3) is 33.9 Å². The van der Waals surface area contributed by atoms with Gasteiger partial charge < -0.3 is 4.98 Å². The highest BCUT2D eigenvalue weighted by atomic mass is 35.5. The summed E-state index contributed by atoms with van der Waals surface area (Å²) >= 11 is 6.01. The highest BCUT2D eigenvalue weighted by Crippen LogP contribution is 2.33. The minimum atomic E-state index is 0.701. The summed E-state index contributed by atoms with van der Waals surface area (Å²) < 4.78 is 1.76. The maximum atomic E-state index is 6.01. The number of pyridine rings is 1. The van der Waals surface area contributed by atoms with E-state index in [0.717, 1.165) is 33.9 Å². The van der Waals surface area contributed by atoms with E-state index in [2.05, 4.69) is 15.1 Å². The second kappa shape index (κ2) is 5.94. The van der Waals surface area contributed by atoms with Crippen LogP contribution in [0.2, 0.25) is 5.02 Å². The number of aromatic amines is 1. The van der Waals surface area contributed by atoms with Crippen molar-refractivity contribution in [2.45, 2.75) is 0 Å². The van der Waals surface area contributed by atoms with Crippen LogP contribution >= 0.6 is 11.6 Å². The Bertz CT molecular complexity index is 970. The van der Waals surface area contributed by atoms with Gasteiger partial charge in [-0.05, 0) is 24.3 Å². The van der Waals surface area contributed by atoms with Crippen LogP contribution in [-0.4, -0.2) is 24.7 Å². The van der Waals surface area contributed by atoms with Crippen molar-refractivity contribution in [2.24, 2.45) is 7.05 Å². The van der Waals surface area contributed by atoms with Gasteiger partial charge >= 0.3 is 0 Å². The number of hydrogen-bond donors (Lipinski definition) is 1. The van der Waals surface area contributed by atoms with E-state index < -0.39 is 0 Å². The van der Waals surface area contributed by atoms with Gasteiger partial charge in [0.15, 0.2) is 0 Å². The van der Waals surface area contributed by atoms with Gasteiger partial charge in [0.25, 0.3) is 0 Å². The molecule has 6 heteroatoms. The number of hydrogen-bond acceptors (Lipinski definition) is 3. The molecular weight excluding hydrogens is 322 g/mol. The van der Waals surface area contributed by atoms with E-state index in [1.807, 2.05) is 49.6 Å². The maximum Gasteiger partial charge on any atom is 0.141 e. The minimum absolute atomic E-state index is 0.701. The summed E-state index contributed by atoms with van der Waals surface area (Å²) in [5.74, 6) is 0.778. The Morgan fingerprint density at radius 1 is 0.958 bits per heavy atom. The summed E-state index contributed by atoms with van der Waals surface area (Å²) in [6.07, 6.45) is 7.26. The Hall–Kier alpha value is -2.92. The first kappa shape index (κ1) is 14.7. The summed E-state index contributed by atoms with van der Waals surface area (Å²) in [5.41, 5.74) is 4.78. The van der Waals surface area contributed by atoms with E-state index >= 15 is 0 Å². The third-order valence-corrected chi connectivity index (χ3v) is 4.02. The number of rotatable bonds is 3. The summed E-state index contributed by atoms with van der Waals surface area (Å²) in [6, 6.07) is 11.6. The van der Waals surface area contributed by atoms with Gasteiger partial charge in [0.1, 0.15) is 5.82 Å². The minimum Gasteiger partial charge on any atom is -0.337 e. The molecule has 0 fully saturated rings. The topological polar surface area (TPSA) is 59.4 Å². The second-order valence-corrected chi connectivity index (χ2v) is 5.89. The zero-order valence-corrected chi connectivity index (χ0v) is 13.7. The van der Waals surface area contributed by atoms with Gasteiger partial charge in [-0.25, -0.2) is 4.98 Å². The molecule has 0 atom stereocenters. The fraction of sp³-hybridized carbons (Fsp3) is 0.0556.